The van der Waals surface area contributed by atoms with Crippen LogP contribution in [0.3, 0.4) is 0 Å². The molecule has 6 nitrogen and oxygen atoms in total. The number of rotatable bonds is 4. The molecule has 0 saturated carbocycles. The van der Waals surface area contributed by atoms with Crippen molar-refractivity contribution in [3.63, 3.8) is 0 Å². The van der Waals surface area contributed by atoms with Crippen molar-refractivity contribution in [1.82, 2.24) is 14.9 Å². The molecule has 1 amide bonds. The summed E-state index contributed by atoms with van der Waals surface area (Å²) in [4.78, 5) is 26.4. The van der Waals surface area contributed by atoms with Crippen molar-refractivity contribution in [2.75, 3.05) is 42.9 Å². The van der Waals surface area contributed by atoms with Gasteiger partial charge in [-0.05, 0) is 50.6 Å². The predicted octanol–water partition coefficient (Wildman–Crippen LogP) is 3.45. The summed E-state index contributed by atoms with van der Waals surface area (Å²) in [6, 6.07) is 5.54. The van der Waals surface area contributed by atoms with E-state index >= 15 is 0 Å². The molecule has 0 radical (unpaired) electrons. The minimum atomic E-state index is -0.275. The second-order valence-electron chi connectivity index (χ2n) is 7.01. The van der Waals surface area contributed by atoms with E-state index in [0.29, 0.717) is 22.4 Å². The Morgan fingerprint density at radius 3 is 2.44 bits per heavy atom. The molecule has 0 bridgehead atoms. The fourth-order valence-electron chi connectivity index (χ4n) is 3.33. The van der Waals surface area contributed by atoms with E-state index in [0.717, 1.165) is 49.5 Å². The molecule has 0 spiro atoms. The van der Waals surface area contributed by atoms with Crippen molar-refractivity contribution in [3.8, 4) is 0 Å². The molecule has 0 unspecified atom stereocenters. The number of aromatic nitrogens is 2. The van der Waals surface area contributed by atoms with Crippen molar-refractivity contribution in [3.05, 3.63) is 45.7 Å². The summed E-state index contributed by atoms with van der Waals surface area (Å²) >= 11 is 6.32. The standard InChI is InChI=1S/C20H26ClN5O/c1-5-25-6-8-26(9-7-25)20-22-15(4)12-17(23-20)19(27)24-18-14(3)10-13(2)11-16(18)21/h10-12H,5-9H2,1-4H3,(H,24,27). The maximum absolute atomic E-state index is 12.8. The van der Waals surface area contributed by atoms with Gasteiger partial charge in [-0.1, -0.05) is 24.6 Å². The third-order valence-electron chi connectivity index (χ3n) is 4.85. The first-order valence-electron chi connectivity index (χ1n) is 9.28. The normalized spacial score (nSPS) is 15.1. The first-order chi connectivity index (χ1) is 12.9. The van der Waals surface area contributed by atoms with E-state index in [1.165, 1.54) is 0 Å². The average molecular weight is 388 g/mol. The van der Waals surface area contributed by atoms with Crippen LogP contribution in [0.2, 0.25) is 5.02 Å². The lowest BCUT2D eigenvalue weighted by molar-refractivity contribution is 0.102. The summed E-state index contributed by atoms with van der Waals surface area (Å²) in [5.41, 5.74) is 3.74. The van der Waals surface area contributed by atoms with Crippen LogP contribution in [0, 0.1) is 20.8 Å². The van der Waals surface area contributed by atoms with Gasteiger partial charge in [-0.2, -0.15) is 0 Å². The number of halogens is 1. The highest BCUT2D eigenvalue weighted by atomic mass is 35.5. The Kier molecular flexibility index (Phi) is 5.97. The number of carbonyl (C=O) groups excluding carboxylic acids is 1. The Hall–Kier alpha value is -2.18. The summed E-state index contributed by atoms with van der Waals surface area (Å²) in [5.74, 6) is 0.338. The molecule has 1 aromatic heterocycles. The zero-order valence-electron chi connectivity index (χ0n) is 16.3. The van der Waals surface area contributed by atoms with Crippen LogP contribution >= 0.6 is 11.6 Å². The molecule has 27 heavy (non-hydrogen) atoms. The molecular formula is C20H26ClN5O. The zero-order valence-corrected chi connectivity index (χ0v) is 17.1. The number of carbonyl (C=O) groups is 1. The number of anilines is 2. The molecule has 3 rings (SSSR count). The van der Waals surface area contributed by atoms with Crippen LogP contribution in [0.1, 0.15) is 34.2 Å². The number of hydrogen-bond donors (Lipinski definition) is 1. The van der Waals surface area contributed by atoms with Gasteiger partial charge in [0, 0.05) is 31.9 Å². The highest BCUT2D eigenvalue weighted by Crippen LogP contribution is 2.27. The lowest BCUT2D eigenvalue weighted by Gasteiger charge is -2.34. The molecule has 2 aromatic rings. The number of benzene rings is 1. The number of likely N-dealkylation sites (N-methyl/N-ethyl adjacent to an activating group) is 1. The van der Waals surface area contributed by atoms with Crippen LogP contribution in [0.15, 0.2) is 18.2 Å². The molecule has 0 atom stereocenters. The molecule has 1 aromatic carbocycles. The summed E-state index contributed by atoms with van der Waals surface area (Å²) in [5, 5.41) is 3.44. The van der Waals surface area contributed by atoms with Gasteiger partial charge in [0.2, 0.25) is 5.95 Å². The van der Waals surface area contributed by atoms with Crippen molar-refractivity contribution < 1.29 is 4.79 Å². The molecule has 1 fully saturated rings. The zero-order chi connectivity index (χ0) is 19.6. The Balaban J connectivity index is 1.81. The Bertz CT molecular complexity index is 823. The molecule has 0 aliphatic carbocycles. The van der Waals surface area contributed by atoms with Gasteiger partial charge >= 0.3 is 0 Å². The van der Waals surface area contributed by atoms with Crippen LogP contribution in [-0.4, -0.2) is 53.5 Å². The molecule has 1 aliphatic rings. The minimum Gasteiger partial charge on any atom is -0.338 e. The lowest BCUT2D eigenvalue weighted by atomic mass is 10.1. The number of amides is 1. The first-order valence-corrected chi connectivity index (χ1v) is 9.66. The maximum atomic E-state index is 12.8. The minimum absolute atomic E-state index is 0.275. The Labute approximate surface area is 165 Å². The van der Waals surface area contributed by atoms with E-state index in [9.17, 15) is 4.79 Å². The first kappa shape index (κ1) is 19.6. The summed E-state index contributed by atoms with van der Waals surface area (Å²) in [6.07, 6.45) is 0. The second-order valence-corrected chi connectivity index (χ2v) is 7.42. The van der Waals surface area contributed by atoms with Crippen LogP contribution in [0.4, 0.5) is 11.6 Å². The topological polar surface area (TPSA) is 61.4 Å². The maximum Gasteiger partial charge on any atom is 0.274 e. The van der Waals surface area contributed by atoms with Gasteiger partial charge in [0.1, 0.15) is 5.69 Å². The van der Waals surface area contributed by atoms with Crippen molar-refractivity contribution in [1.29, 1.82) is 0 Å². The van der Waals surface area contributed by atoms with Gasteiger partial charge in [0.05, 0.1) is 10.7 Å². The highest BCUT2D eigenvalue weighted by Gasteiger charge is 2.20. The lowest BCUT2D eigenvalue weighted by Crippen LogP contribution is -2.47. The van der Waals surface area contributed by atoms with E-state index in [1.54, 1.807) is 6.07 Å². The largest absolute Gasteiger partial charge is 0.338 e. The van der Waals surface area contributed by atoms with Gasteiger partial charge in [-0.15, -0.1) is 0 Å². The van der Waals surface area contributed by atoms with Gasteiger partial charge in [-0.3, -0.25) is 4.79 Å². The van der Waals surface area contributed by atoms with Crippen LogP contribution < -0.4 is 10.2 Å². The highest BCUT2D eigenvalue weighted by molar-refractivity contribution is 6.34. The molecule has 7 heteroatoms. The van der Waals surface area contributed by atoms with Crippen molar-refractivity contribution in [2.45, 2.75) is 27.7 Å². The SMILES string of the molecule is CCN1CCN(c2nc(C)cc(C(=O)Nc3c(C)cc(C)cc3Cl)n2)CC1. The number of nitrogens with one attached hydrogen (secondary N) is 1. The fourth-order valence-corrected chi connectivity index (χ4v) is 3.69. The predicted molar refractivity (Wildman–Crippen MR) is 110 cm³/mol. The number of piperazine rings is 1. The van der Waals surface area contributed by atoms with Gasteiger partial charge in [0.15, 0.2) is 0 Å². The van der Waals surface area contributed by atoms with Gasteiger partial charge in [0.25, 0.3) is 5.91 Å². The van der Waals surface area contributed by atoms with Crippen molar-refractivity contribution in [2.24, 2.45) is 0 Å². The quantitative estimate of drug-likeness (QED) is 0.870. The Morgan fingerprint density at radius 1 is 1.11 bits per heavy atom. The molecule has 1 aliphatic heterocycles. The van der Waals surface area contributed by atoms with Gasteiger partial charge < -0.3 is 15.1 Å². The molecular weight excluding hydrogens is 362 g/mol. The van der Waals surface area contributed by atoms with E-state index < -0.39 is 0 Å². The number of hydrogen-bond acceptors (Lipinski definition) is 5. The molecule has 2 heterocycles. The van der Waals surface area contributed by atoms with Crippen molar-refractivity contribution >= 4 is 29.1 Å². The number of aryl methyl sites for hydroxylation is 3. The van der Waals surface area contributed by atoms with E-state index in [-0.39, 0.29) is 5.91 Å². The van der Waals surface area contributed by atoms with E-state index in [2.05, 4.69) is 32.0 Å². The third-order valence-corrected chi connectivity index (χ3v) is 5.15. The summed E-state index contributed by atoms with van der Waals surface area (Å²) in [6.45, 7) is 12.7. The number of nitrogens with zero attached hydrogens (tertiary/aromatic N) is 4. The Morgan fingerprint density at radius 2 is 1.81 bits per heavy atom. The molecule has 144 valence electrons. The third kappa shape index (κ3) is 4.57. The van der Waals surface area contributed by atoms with Crippen LogP contribution in [0.5, 0.6) is 0 Å². The second kappa shape index (κ2) is 8.23. The van der Waals surface area contributed by atoms with Crippen LogP contribution in [-0.2, 0) is 0 Å². The monoisotopic (exact) mass is 387 g/mol. The fraction of sp³-hybridized carbons (Fsp3) is 0.450. The summed E-state index contributed by atoms with van der Waals surface area (Å²) in [7, 11) is 0. The van der Waals surface area contributed by atoms with Gasteiger partial charge in [-0.25, -0.2) is 9.97 Å². The average Bonchev–Trinajstić information content (AvgIpc) is 2.64. The van der Waals surface area contributed by atoms with Crippen LogP contribution in [0.25, 0.3) is 0 Å². The van der Waals surface area contributed by atoms with E-state index in [1.807, 2.05) is 32.9 Å². The molecule has 1 saturated heterocycles. The van der Waals surface area contributed by atoms with E-state index in [4.69, 9.17) is 11.6 Å². The smallest absolute Gasteiger partial charge is 0.274 e. The summed E-state index contributed by atoms with van der Waals surface area (Å²) < 4.78 is 0. The molecule has 1 N–H and O–H groups in total.